The normalized spacial score (nSPS) is 11.0. The van der Waals surface area contributed by atoms with E-state index in [2.05, 4.69) is 5.32 Å². The maximum atomic E-state index is 13.7. The molecule has 0 saturated carbocycles. The van der Waals surface area contributed by atoms with Gasteiger partial charge >= 0.3 is 0 Å². The molecule has 0 radical (unpaired) electrons. The number of hydrogen-bond donors (Lipinski definition) is 1. The average molecular weight is 461 g/mol. The van der Waals surface area contributed by atoms with Gasteiger partial charge in [0.25, 0.3) is 11.1 Å². The molecule has 0 fully saturated rings. The molecule has 4 aromatic rings. The Kier molecular flexibility index (Phi) is 6.02. The van der Waals surface area contributed by atoms with E-state index in [1.54, 1.807) is 37.7 Å². The minimum absolute atomic E-state index is 0.0287. The second kappa shape index (κ2) is 8.93. The number of carbonyl (C=O) groups excluding carboxylic acids is 1. The summed E-state index contributed by atoms with van der Waals surface area (Å²) in [6.07, 6.45) is 0. The van der Waals surface area contributed by atoms with E-state index in [0.717, 1.165) is 0 Å². The molecule has 0 saturated heterocycles. The summed E-state index contributed by atoms with van der Waals surface area (Å²) in [4.78, 5) is 40.9. The molecule has 0 spiro atoms. The van der Waals surface area contributed by atoms with Crippen molar-refractivity contribution in [1.29, 1.82) is 0 Å². The summed E-state index contributed by atoms with van der Waals surface area (Å²) in [5, 5.41) is 2.76. The fourth-order valence-corrected chi connectivity index (χ4v) is 4.19. The van der Waals surface area contributed by atoms with Gasteiger partial charge in [0.1, 0.15) is 11.4 Å². The maximum absolute atomic E-state index is 13.7. The summed E-state index contributed by atoms with van der Waals surface area (Å²) in [5.41, 5.74) is 2.81. The number of rotatable bonds is 6. The monoisotopic (exact) mass is 460 g/mol. The zero-order valence-corrected chi connectivity index (χ0v) is 19.9. The number of nitrogens with zero attached hydrogens (tertiary/aromatic N) is 5. The number of amides is 1. The van der Waals surface area contributed by atoms with Crippen LogP contribution in [0.3, 0.4) is 0 Å². The lowest BCUT2D eigenvalue weighted by molar-refractivity contribution is -0.118. The Hall–Kier alpha value is -4.27. The number of nitrogens with one attached hydrogen (secondary N) is 1. The summed E-state index contributed by atoms with van der Waals surface area (Å²) < 4.78 is 6.61. The number of aromatic nitrogens is 4. The Labute approximate surface area is 197 Å². The van der Waals surface area contributed by atoms with Crippen molar-refractivity contribution in [3.05, 3.63) is 92.8 Å². The Morgan fingerprint density at radius 2 is 1.15 bits per heavy atom. The molecule has 1 N–H and O–H groups in total. The topological polar surface area (TPSA) is 86.2 Å². The van der Waals surface area contributed by atoms with Crippen molar-refractivity contribution in [2.75, 3.05) is 11.6 Å². The van der Waals surface area contributed by atoms with Crippen molar-refractivity contribution in [1.82, 2.24) is 24.0 Å². The Bertz CT molecular complexity index is 1350. The first-order valence-electron chi connectivity index (χ1n) is 10.9. The van der Waals surface area contributed by atoms with Crippen LogP contribution in [0.4, 0.5) is 11.4 Å². The molecule has 2 heterocycles. The third-order valence-corrected chi connectivity index (χ3v) is 6.07. The summed E-state index contributed by atoms with van der Waals surface area (Å²) in [7, 11) is 3.59. The molecular formula is C25H28N6O3. The van der Waals surface area contributed by atoms with E-state index in [9.17, 15) is 14.4 Å². The molecule has 0 aliphatic rings. The summed E-state index contributed by atoms with van der Waals surface area (Å²) >= 11 is 0. The molecule has 9 nitrogen and oxygen atoms in total. The van der Waals surface area contributed by atoms with Crippen LogP contribution >= 0.6 is 0 Å². The smallest absolute Gasteiger partial charge is 0.295 e. The number of benzene rings is 2. The molecule has 4 rings (SSSR count). The van der Waals surface area contributed by atoms with Crippen LogP contribution in [-0.2, 0) is 18.9 Å². The van der Waals surface area contributed by atoms with Gasteiger partial charge in [-0.15, -0.1) is 0 Å². The van der Waals surface area contributed by atoms with Crippen LogP contribution in [-0.4, -0.2) is 31.3 Å². The molecule has 34 heavy (non-hydrogen) atoms. The first kappa shape index (κ1) is 22.9. The van der Waals surface area contributed by atoms with Gasteiger partial charge in [0, 0.05) is 21.0 Å². The average Bonchev–Trinajstić information content (AvgIpc) is 3.18. The molecule has 176 valence electrons. The largest absolute Gasteiger partial charge is 0.338 e. The highest BCUT2D eigenvalue weighted by Gasteiger charge is 2.29. The van der Waals surface area contributed by atoms with Gasteiger partial charge in [-0.1, -0.05) is 36.4 Å². The molecule has 0 unspecified atom stereocenters. The molecule has 0 aliphatic carbocycles. The van der Waals surface area contributed by atoms with Gasteiger partial charge in [-0.25, -0.2) is 9.36 Å². The van der Waals surface area contributed by atoms with E-state index in [1.165, 1.54) is 6.92 Å². The van der Waals surface area contributed by atoms with Crippen LogP contribution in [0.1, 0.15) is 18.3 Å². The van der Waals surface area contributed by atoms with Crippen LogP contribution in [0.15, 0.2) is 70.3 Å². The van der Waals surface area contributed by atoms with Crippen LogP contribution in [0.2, 0.25) is 0 Å². The van der Waals surface area contributed by atoms with Gasteiger partial charge < -0.3 is 10.2 Å². The third kappa shape index (κ3) is 3.75. The Balaban J connectivity index is 1.97. The standard InChI is InChI=1S/C25H28N6O3/c1-17-22(24(33)30(27(17)4)20-12-8-6-9-13-20)29(16-26-19(3)32)23-18(2)28(5)31(25(23)34)21-14-10-7-11-15-21/h6-15H,16H2,1-5H3,(H,26,32). The minimum Gasteiger partial charge on any atom is -0.338 e. The fraction of sp³-hybridized carbons (Fsp3) is 0.240. The van der Waals surface area contributed by atoms with Crippen molar-refractivity contribution < 1.29 is 4.79 Å². The van der Waals surface area contributed by atoms with Crippen molar-refractivity contribution in [2.24, 2.45) is 14.1 Å². The highest BCUT2D eigenvalue weighted by molar-refractivity contribution is 5.75. The summed E-state index contributed by atoms with van der Waals surface area (Å²) in [6, 6.07) is 18.6. The fourth-order valence-electron chi connectivity index (χ4n) is 4.19. The molecule has 1 amide bonds. The SMILES string of the molecule is CC(=O)NCN(c1c(C)n(C)n(-c2ccccc2)c1=O)c1c(C)n(C)n(-c2ccccc2)c1=O. The predicted octanol–water partition coefficient (Wildman–Crippen LogP) is 2.51. The van der Waals surface area contributed by atoms with E-state index < -0.39 is 0 Å². The molecule has 2 aromatic carbocycles. The highest BCUT2D eigenvalue weighted by atomic mass is 16.2. The van der Waals surface area contributed by atoms with Gasteiger partial charge in [0.15, 0.2) is 0 Å². The zero-order chi connectivity index (χ0) is 24.6. The predicted molar refractivity (Wildman–Crippen MR) is 132 cm³/mol. The number of anilines is 2. The van der Waals surface area contributed by atoms with Crippen LogP contribution in [0.25, 0.3) is 11.4 Å². The third-order valence-electron chi connectivity index (χ3n) is 6.07. The lowest BCUT2D eigenvalue weighted by atomic mass is 10.2. The van der Waals surface area contributed by atoms with Crippen LogP contribution in [0.5, 0.6) is 0 Å². The molecule has 9 heteroatoms. The van der Waals surface area contributed by atoms with E-state index in [0.29, 0.717) is 34.1 Å². The molecule has 0 aliphatic heterocycles. The maximum Gasteiger partial charge on any atom is 0.295 e. The second-order valence-corrected chi connectivity index (χ2v) is 8.14. The van der Waals surface area contributed by atoms with Gasteiger partial charge in [0.05, 0.1) is 29.4 Å². The zero-order valence-electron chi connectivity index (χ0n) is 19.9. The first-order chi connectivity index (χ1) is 16.2. The van der Waals surface area contributed by atoms with Gasteiger partial charge in [0.2, 0.25) is 5.91 Å². The lowest BCUT2D eigenvalue weighted by Crippen LogP contribution is -2.38. The van der Waals surface area contributed by atoms with Crippen LogP contribution in [0, 0.1) is 13.8 Å². The van der Waals surface area contributed by atoms with E-state index in [4.69, 9.17) is 0 Å². The number of para-hydroxylation sites is 2. The van der Waals surface area contributed by atoms with Crippen LogP contribution < -0.4 is 21.3 Å². The highest BCUT2D eigenvalue weighted by Crippen LogP contribution is 2.27. The first-order valence-corrected chi connectivity index (χ1v) is 10.9. The molecule has 0 bridgehead atoms. The van der Waals surface area contributed by atoms with Gasteiger partial charge in [-0.2, -0.15) is 0 Å². The summed E-state index contributed by atoms with van der Waals surface area (Å²) in [5.74, 6) is -0.265. The minimum atomic E-state index is -0.287. The van der Waals surface area contributed by atoms with E-state index in [1.807, 2.05) is 74.5 Å². The quantitative estimate of drug-likeness (QED) is 0.448. The molecule has 2 aromatic heterocycles. The van der Waals surface area contributed by atoms with Crippen molar-refractivity contribution in [3.8, 4) is 11.4 Å². The molecule has 0 atom stereocenters. The van der Waals surface area contributed by atoms with E-state index in [-0.39, 0.29) is 23.7 Å². The second-order valence-electron chi connectivity index (χ2n) is 8.14. The van der Waals surface area contributed by atoms with Gasteiger partial charge in [-0.05, 0) is 38.1 Å². The number of hydrogen-bond acceptors (Lipinski definition) is 4. The van der Waals surface area contributed by atoms with E-state index >= 15 is 0 Å². The summed E-state index contributed by atoms with van der Waals surface area (Å²) in [6.45, 7) is 5.02. The van der Waals surface area contributed by atoms with Crippen molar-refractivity contribution in [3.63, 3.8) is 0 Å². The molecular weight excluding hydrogens is 432 g/mol. The van der Waals surface area contributed by atoms with Gasteiger partial charge in [-0.3, -0.25) is 23.7 Å². The van der Waals surface area contributed by atoms with Crippen molar-refractivity contribution >= 4 is 17.3 Å². The lowest BCUT2D eigenvalue weighted by Gasteiger charge is -2.22. The Morgan fingerprint density at radius 1 is 0.765 bits per heavy atom. The number of carbonyl (C=O) groups is 1. The van der Waals surface area contributed by atoms with Crippen molar-refractivity contribution in [2.45, 2.75) is 20.8 Å². The Morgan fingerprint density at radius 3 is 1.50 bits per heavy atom.